The lowest BCUT2D eigenvalue weighted by molar-refractivity contribution is -0.137. The van der Waals surface area contributed by atoms with Gasteiger partial charge in [0.25, 0.3) is 0 Å². The summed E-state index contributed by atoms with van der Waals surface area (Å²) in [6.07, 6.45) is -4.26. The average Bonchev–Trinajstić information content (AvgIpc) is 2.28. The topological polar surface area (TPSA) is 12.0 Å². The number of hydrogen-bond acceptors (Lipinski definition) is 2. The number of alkyl halides is 3. The predicted octanol–water partition coefficient (Wildman–Crippen LogP) is 3.47. The van der Waals surface area contributed by atoms with Crippen LogP contribution >= 0.6 is 11.8 Å². The molecule has 5 heteroatoms. The summed E-state index contributed by atoms with van der Waals surface area (Å²) in [4.78, 5) is 0. The number of nitrogens with one attached hydrogen (secondary N) is 1. The third-order valence-electron chi connectivity index (χ3n) is 2.75. The molecule has 0 aromatic heterocycles. The summed E-state index contributed by atoms with van der Waals surface area (Å²) in [5, 5.41) is 3.32. The lowest BCUT2D eigenvalue weighted by Gasteiger charge is -2.29. The van der Waals surface area contributed by atoms with E-state index < -0.39 is 11.7 Å². The van der Waals surface area contributed by atoms with Gasteiger partial charge in [-0.15, -0.1) is 0 Å². The van der Waals surface area contributed by atoms with Crippen LogP contribution in [0.3, 0.4) is 0 Å². The van der Waals surface area contributed by atoms with E-state index in [1.54, 1.807) is 17.8 Å². The van der Waals surface area contributed by atoms with E-state index in [1.807, 2.05) is 6.92 Å². The predicted molar refractivity (Wildman–Crippen MR) is 64.1 cm³/mol. The lowest BCUT2D eigenvalue weighted by Crippen LogP contribution is -2.37. The van der Waals surface area contributed by atoms with Crippen molar-refractivity contribution in [3.05, 3.63) is 35.4 Å². The Kier molecular flexibility index (Phi) is 3.68. The maximum Gasteiger partial charge on any atom is 0.416 e. The van der Waals surface area contributed by atoms with Crippen molar-refractivity contribution >= 4 is 11.8 Å². The summed E-state index contributed by atoms with van der Waals surface area (Å²) >= 11 is 1.78. The van der Waals surface area contributed by atoms with Gasteiger partial charge in [0.2, 0.25) is 0 Å². The summed E-state index contributed by atoms with van der Waals surface area (Å²) in [5.41, 5.74) is 0.152. The van der Waals surface area contributed by atoms with Crippen molar-refractivity contribution in [3.8, 4) is 0 Å². The lowest BCUT2D eigenvalue weighted by atomic mass is 10.0. The Morgan fingerprint density at radius 1 is 1.29 bits per heavy atom. The fourth-order valence-corrected chi connectivity index (χ4v) is 3.04. The Labute approximate surface area is 103 Å². The fraction of sp³-hybridized carbons (Fsp3) is 0.500. The van der Waals surface area contributed by atoms with Crippen molar-refractivity contribution in [1.82, 2.24) is 5.32 Å². The fourth-order valence-electron chi connectivity index (χ4n) is 1.93. The monoisotopic (exact) mass is 261 g/mol. The molecule has 1 fully saturated rings. The van der Waals surface area contributed by atoms with E-state index in [0.717, 1.165) is 23.1 Å². The second kappa shape index (κ2) is 4.90. The molecule has 0 radical (unpaired) electrons. The molecular formula is C12H14F3NS. The van der Waals surface area contributed by atoms with Crippen LogP contribution in [-0.2, 0) is 6.18 Å². The Morgan fingerprint density at radius 2 is 2.06 bits per heavy atom. The van der Waals surface area contributed by atoms with Crippen LogP contribution in [0.4, 0.5) is 13.2 Å². The average molecular weight is 261 g/mol. The molecule has 94 valence electrons. The van der Waals surface area contributed by atoms with Gasteiger partial charge in [0, 0.05) is 23.6 Å². The van der Waals surface area contributed by atoms with E-state index >= 15 is 0 Å². The van der Waals surface area contributed by atoms with E-state index in [1.165, 1.54) is 12.1 Å². The van der Waals surface area contributed by atoms with E-state index in [4.69, 9.17) is 0 Å². The van der Waals surface area contributed by atoms with Gasteiger partial charge in [-0.25, -0.2) is 0 Å². The molecule has 2 rings (SSSR count). The van der Waals surface area contributed by atoms with Crippen LogP contribution in [0.2, 0.25) is 0 Å². The van der Waals surface area contributed by atoms with Crippen LogP contribution in [0.1, 0.15) is 24.1 Å². The van der Waals surface area contributed by atoms with Gasteiger partial charge in [-0.2, -0.15) is 24.9 Å². The zero-order chi connectivity index (χ0) is 12.5. The highest BCUT2D eigenvalue weighted by Crippen LogP contribution is 2.32. The normalized spacial score (nSPS) is 25.9. The third-order valence-corrected chi connectivity index (χ3v) is 4.06. The summed E-state index contributed by atoms with van der Waals surface area (Å²) in [5.74, 6) is 1.83. The van der Waals surface area contributed by atoms with Gasteiger partial charge >= 0.3 is 6.18 Å². The Morgan fingerprint density at radius 3 is 2.71 bits per heavy atom. The van der Waals surface area contributed by atoms with Crippen molar-refractivity contribution in [2.45, 2.75) is 25.2 Å². The Bertz CT molecular complexity index is 392. The van der Waals surface area contributed by atoms with Gasteiger partial charge in [0.05, 0.1) is 5.56 Å². The van der Waals surface area contributed by atoms with Gasteiger partial charge in [-0.3, -0.25) is 0 Å². The molecule has 1 aliphatic rings. The maximum absolute atomic E-state index is 12.6. The second-order valence-corrected chi connectivity index (χ2v) is 5.36. The van der Waals surface area contributed by atoms with E-state index in [9.17, 15) is 13.2 Å². The molecule has 0 saturated carbocycles. The quantitative estimate of drug-likeness (QED) is 0.830. The van der Waals surface area contributed by atoms with Gasteiger partial charge in [-0.1, -0.05) is 12.1 Å². The molecule has 1 aromatic rings. The first kappa shape index (κ1) is 12.8. The zero-order valence-electron chi connectivity index (χ0n) is 9.42. The summed E-state index contributed by atoms with van der Waals surface area (Å²) in [6, 6.07) is 5.95. The minimum atomic E-state index is -4.26. The number of rotatable bonds is 1. The van der Waals surface area contributed by atoms with Crippen LogP contribution in [-0.4, -0.2) is 17.5 Å². The van der Waals surface area contributed by atoms with Crippen LogP contribution < -0.4 is 5.32 Å². The minimum absolute atomic E-state index is 0.0195. The van der Waals surface area contributed by atoms with Gasteiger partial charge in [0.15, 0.2) is 0 Å². The zero-order valence-corrected chi connectivity index (χ0v) is 10.2. The molecule has 1 aromatic carbocycles. The van der Waals surface area contributed by atoms with E-state index in [0.29, 0.717) is 6.04 Å². The molecular weight excluding hydrogens is 247 g/mol. The Balaban J connectivity index is 2.21. The molecule has 17 heavy (non-hydrogen) atoms. The highest BCUT2D eigenvalue weighted by molar-refractivity contribution is 7.99. The van der Waals surface area contributed by atoms with Crippen molar-refractivity contribution < 1.29 is 13.2 Å². The number of thioether (sulfide) groups is 1. The SMILES string of the molecule is CC1CSCC(c2cccc(C(F)(F)F)c2)N1. The van der Waals surface area contributed by atoms with E-state index in [-0.39, 0.29) is 6.04 Å². The second-order valence-electron chi connectivity index (χ2n) is 4.28. The number of hydrogen-bond donors (Lipinski definition) is 1. The molecule has 2 atom stereocenters. The molecule has 0 spiro atoms. The molecule has 1 saturated heterocycles. The highest BCUT2D eigenvalue weighted by atomic mass is 32.2. The summed E-state index contributed by atoms with van der Waals surface area (Å²) in [6.45, 7) is 2.05. The van der Waals surface area contributed by atoms with Gasteiger partial charge in [0.1, 0.15) is 0 Å². The van der Waals surface area contributed by atoms with E-state index in [2.05, 4.69) is 5.32 Å². The van der Waals surface area contributed by atoms with Crippen LogP contribution in [0, 0.1) is 0 Å². The molecule has 2 unspecified atom stereocenters. The molecule has 0 bridgehead atoms. The first-order chi connectivity index (χ1) is 7.97. The Hall–Kier alpha value is -0.680. The van der Waals surface area contributed by atoms with Crippen LogP contribution in [0.25, 0.3) is 0 Å². The molecule has 1 nitrogen and oxygen atoms in total. The number of halogens is 3. The molecule has 1 heterocycles. The van der Waals surface area contributed by atoms with Crippen molar-refractivity contribution in [3.63, 3.8) is 0 Å². The summed E-state index contributed by atoms with van der Waals surface area (Å²) in [7, 11) is 0. The smallest absolute Gasteiger partial charge is 0.306 e. The number of benzene rings is 1. The standard InChI is InChI=1S/C12H14F3NS/c1-8-6-17-7-11(16-8)9-3-2-4-10(5-9)12(13,14)15/h2-5,8,11,16H,6-7H2,1H3. The first-order valence-electron chi connectivity index (χ1n) is 5.48. The molecule has 0 amide bonds. The van der Waals surface area contributed by atoms with Crippen LogP contribution in [0.5, 0.6) is 0 Å². The first-order valence-corrected chi connectivity index (χ1v) is 6.63. The van der Waals surface area contributed by atoms with Gasteiger partial charge < -0.3 is 5.32 Å². The molecule has 1 N–H and O–H groups in total. The highest BCUT2D eigenvalue weighted by Gasteiger charge is 2.31. The maximum atomic E-state index is 12.6. The van der Waals surface area contributed by atoms with Crippen molar-refractivity contribution in [2.24, 2.45) is 0 Å². The molecule has 0 aliphatic carbocycles. The molecule has 1 aliphatic heterocycles. The minimum Gasteiger partial charge on any atom is -0.306 e. The van der Waals surface area contributed by atoms with Crippen molar-refractivity contribution in [1.29, 1.82) is 0 Å². The largest absolute Gasteiger partial charge is 0.416 e. The van der Waals surface area contributed by atoms with Crippen molar-refractivity contribution in [2.75, 3.05) is 11.5 Å². The van der Waals surface area contributed by atoms with Gasteiger partial charge in [-0.05, 0) is 24.6 Å². The third kappa shape index (κ3) is 3.16. The van der Waals surface area contributed by atoms with Crippen LogP contribution in [0.15, 0.2) is 24.3 Å². The summed E-state index contributed by atoms with van der Waals surface area (Å²) < 4.78 is 37.8.